The Morgan fingerprint density at radius 3 is 2.75 bits per heavy atom. The second-order valence-electron chi connectivity index (χ2n) is 5.35. The average molecular weight is 217 g/mol. The number of rotatable bonds is 1. The Balaban J connectivity index is 2.07. The van der Waals surface area contributed by atoms with Crippen molar-refractivity contribution >= 4 is 0 Å². The molecule has 86 valence electrons. The predicted octanol–water partition coefficient (Wildman–Crippen LogP) is 2.64. The van der Waals surface area contributed by atoms with Crippen molar-refractivity contribution in [1.29, 1.82) is 0 Å². The molecule has 1 fully saturated rings. The number of aromatic hydroxyl groups is 1. The zero-order valence-electron chi connectivity index (χ0n) is 10.0. The fourth-order valence-corrected chi connectivity index (χ4v) is 2.96. The summed E-state index contributed by atoms with van der Waals surface area (Å²) in [4.78, 5) is 2.45. The van der Waals surface area contributed by atoms with Crippen LogP contribution in [-0.4, -0.2) is 23.6 Å². The van der Waals surface area contributed by atoms with Crippen molar-refractivity contribution in [2.24, 2.45) is 5.92 Å². The van der Waals surface area contributed by atoms with E-state index in [1.54, 1.807) is 0 Å². The van der Waals surface area contributed by atoms with E-state index in [0.29, 0.717) is 11.8 Å². The number of phenolic OH excluding ortho intramolecular Hbond substituents is 1. The van der Waals surface area contributed by atoms with Gasteiger partial charge in [-0.25, -0.2) is 0 Å². The lowest BCUT2D eigenvalue weighted by atomic mass is 9.88. The maximum Gasteiger partial charge on any atom is 0.118 e. The predicted molar refractivity (Wildman–Crippen MR) is 64.6 cm³/mol. The van der Waals surface area contributed by atoms with Crippen LogP contribution in [0.4, 0.5) is 0 Å². The van der Waals surface area contributed by atoms with Crippen molar-refractivity contribution in [2.75, 3.05) is 13.6 Å². The van der Waals surface area contributed by atoms with Crippen LogP contribution in [0.15, 0.2) is 12.1 Å². The highest BCUT2D eigenvalue weighted by Gasteiger charge is 2.38. The third-order valence-electron chi connectivity index (χ3n) is 4.05. The average Bonchev–Trinajstić information content (AvgIpc) is 3.04. The Labute approximate surface area is 96.9 Å². The van der Waals surface area contributed by atoms with E-state index in [1.165, 1.54) is 24.0 Å². The smallest absolute Gasteiger partial charge is 0.118 e. The number of hydrogen-bond donors (Lipinski definition) is 1. The number of nitrogens with zero attached hydrogens (tertiary/aromatic N) is 1. The summed E-state index contributed by atoms with van der Waals surface area (Å²) in [5, 5.41) is 9.86. The monoisotopic (exact) mass is 217 g/mol. The maximum absolute atomic E-state index is 9.86. The number of fused-ring (bicyclic) bond motifs is 1. The Morgan fingerprint density at radius 1 is 1.31 bits per heavy atom. The van der Waals surface area contributed by atoms with Crippen LogP contribution in [-0.2, 0) is 6.42 Å². The van der Waals surface area contributed by atoms with Gasteiger partial charge >= 0.3 is 0 Å². The Kier molecular flexibility index (Phi) is 2.21. The fraction of sp³-hybridized carbons (Fsp3) is 0.571. The second kappa shape index (κ2) is 3.49. The number of likely N-dealkylation sites (N-methyl/N-ethyl adjacent to an activating group) is 1. The highest BCUT2D eigenvalue weighted by Crippen LogP contribution is 2.47. The van der Waals surface area contributed by atoms with Gasteiger partial charge in [-0.15, -0.1) is 0 Å². The summed E-state index contributed by atoms with van der Waals surface area (Å²) in [5.41, 5.74) is 3.84. The quantitative estimate of drug-likeness (QED) is 0.781. The number of phenols is 1. The van der Waals surface area contributed by atoms with Crippen LogP contribution in [0.25, 0.3) is 0 Å². The molecule has 0 radical (unpaired) electrons. The first-order valence-corrected chi connectivity index (χ1v) is 6.19. The molecule has 0 bridgehead atoms. The van der Waals surface area contributed by atoms with Gasteiger partial charge in [0.05, 0.1) is 0 Å². The van der Waals surface area contributed by atoms with Crippen molar-refractivity contribution in [3.05, 3.63) is 28.8 Å². The third kappa shape index (κ3) is 1.52. The molecule has 0 aromatic heterocycles. The molecule has 1 aliphatic carbocycles. The first-order chi connectivity index (χ1) is 7.66. The molecule has 2 heteroatoms. The molecular formula is C14H19NO. The molecule has 1 unspecified atom stereocenters. The van der Waals surface area contributed by atoms with E-state index in [2.05, 4.69) is 18.0 Å². The summed E-state index contributed by atoms with van der Waals surface area (Å²) < 4.78 is 0. The van der Waals surface area contributed by atoms with Gasteiger partial charge in [0, 0.05) is 12.6 Å². The lowest BCUT2D eigenvalue weighted by Crippen LogP contribution is -2.33. The molecule has 2 nitrogen and oxygen atoms in total. The summed E-state index contributed by atoms with van der Waals surface area (Å²) in [7, 11) is 2.21. The van der Waals surface area contributed by atoms with Gasteiger partial charge in [-0.05, 0) is 61.9 Å². The molecule has 1 saturated carbocycles. The lowest BCUT2D eigenvalue weighted by molar-refractivity contribution is 0.207. The number of aryl methyl sites for hydroxylation is 1. The Morgan fingerprint density at radius 2 is 2.06 bits per heavy atom. The Hall–Kier alpha value is -1.02. The third-order valence-corrected chi connectivity index (χ3v) is 4.05. The first kappa shape index (κ1) is 10.2. The minimum Gasteiger partial charge on any atom is -0.508 e. The standard InChI is InChI=1S/C14H19NO/c1-9-7-11-5-6-15(2)14(10-3-4-10)12(11)8-13(9)16/h7-8,10,14,16H,3-6H2,1-2H3. The van der Waals surface area contributed by atoms with Crippen molar-refractivity contribution in [2.45, 2.75) is 32.2 Å². The van der Waals surface area contributed by atoms with Crippen LogP contribution in [0.3, 0.4) is 0 Å². The summed E-state index contributed by atoms with van der Waals surface area (Å²) in [5.74, 6) is 1.28. The molecule has 0 amide bonds. The zero-order valence-corrected chi connectivity index (χ0v) is 10.0. The molecule has 2 aliphatic rings. The zero-order chi connectivity index (χ0) is 11.3. The minimum atomic E-state index is 0.458. The highest BCUT2D eigenvalue weighted by molar-refractivity contribution is 5.44. The Bertz CT molecular complexity index is 423. The molecule has 1 aromatic rings. The van der Waals surface area contributed by atoms with Gasteiger partial charge in [0.25, 0.3) is 0 Å². The summed E-state index contributed by atoms with van der Waals surface area (Å²) in [6, 6.07) is 4.73. The van der Waals surface area contributed by atoms with Gasteiger partial charge in [0.1, 0.15) is 5.75 Å². The molecule has 0 saturated heterocycles. The van der Waals surface area contributed by atoms with E-state index in [4.69, 9.17) is 0 Å². The van der Waals surface area contributed by atoms with Gasteiger partial charge in [-0.3, -0.25) is 4.90 Å². The van der Waals surface area contributed by atoms with E-state index in [1.807, 2.05) is 13.0 Å². The molecule has 16 heavy (non-hydrogen) atoms. The van der Waals surface area contributed by atoms with Crippen LogP contribution in [0, 0.1) is 12.8 Å². The van der Waals surface area contributed by atoms with E-state index >= 15 is 0 Å². The highest BCUT2D eigenvalue weighted by atomic mass is 16.3. The van der Waals surface area contributed by atoms with Crippen LogP contribution in [0.5, 0.6) is 5.75 Å². The molecule has 3 rings (SSSR count). The van der Waals surface area contributed by atoms with Crippen molar-refractivity contribution in [3.63, 3.8) is 0 Å². The number of benzene rings is 1. The van der Waals surface area contributed by atoms with E-state index in [9.17, 15) is 5.11 Å². The normalized spacial score (nSPS) is 25.5. The molecular weight excluding hydrogens is 198 g/mol. The van der Waals surface area contributed by atoms with Crippen LogP contribution in [0.2, 0.25) is 0 Å². The van der Waals surface area contributed by atoms with Gasteiger partial charge in [-0.1, -0.05) is 6.07 Å². The summed E-state index contributed by atoms with van der Waals surface area (Å²) >= 11 is 0. The van der Waals surface area contributed by atoms with Crippen LogP contribution >= 0.6 is 0 Å². The van der Waals surface area contributed by atoms with Crippen LogP contribution in [0.1, 0.15) is 35.6 Å². The van der Waals surface area contributed by atoms with E-state index in [-0.39, 0.29) is 0 Å². The molecule has 1 heterocycles. The molecule has 1 N–H and O–H groups in total. The molecule has 1 atom stereocenters. The molecule has 1 aromatic carbocycles. The summed E-state index contributed by atoms with van der Waals surface area (Å²) in [6.45, 7) is 3.14. The first-order valence-electron chi connectivity index (χ1n) is 6.19. The van der Waals surface area contributed by atoms with Crippen LogP contribution < -0.4 is 0 Å². The van der Waals surface area contributed by atoms with Crippen molar-refractivity contribution in [1.82, 2.24) is 4.90 Å². The van der Waals surface area contributed by atoms with E-state index < -0.39 is 0 Å². The van der Waals surface area contributed by atoms with Crippen molar-refractivity contribution < 1.29 is 5.11 Å². The molecule has 0 spiro atoms. The van der Waals surface area contributed by atoms with Crippen molar-refractivity contribution in [3.8, 4) is 5.75 Å². The van der Waals surface area contributed by atoms with Gasteiger partial charge < -0.3 is 5.11 Å². The van der Waals surface area contributed by atoms with Gasteiger partial charge in [0.2, 0.25) is 0 Å². The van der Waals surface area contributed by atoms with E-state index in [0.717, 1.165) is 24.4 Å². The summed E-state index contributed by atoms with van der Waals surface area (Å²) in [6.07, 6.45) is 3.82. The lowest BCUT2D eigenvalue weighted by Gasteiger charge is -2.35. The minimum absolute atomic E-state index is 0.458. The van der Waals surface area contributed by atoms with Gasteiger partial charge in [0.15, 0.2) is 0 Å². The SMILES string of the molecule is Cc1cc2c(cc1O)C(C1CC1)N(C)CC2. The number of hydrogen-bond acceptors (Lipinski definition) is 2. The molecule has 1 aliphatic heterocycles. The fourth-order valence-electron chi connectivity index (χ4n) is 2.96. The topological polar surface area (TPSA) is 23.5 Å². The maximum atomic E-state index is 9.86. The van der Waals surface area contributed by atoms with Gasteiger partial charge in [-0.2, -0.15) is 0 Å². The largest absolute Gasteiger partial charge is 0.508 e. The second-order valence-corrected chi connectivity index (χ2v) is 5.35.